The van der Waals surface area contributed by atoms with Crippen LogP contribution in [0.3, 0.4) is 0 Å². The molecule has 1 atom stereocenters. The van der Waals surface area contributed by atoms with Crippen LogP contribution in [-0.4, -0.2) is 20.6 Å². The maximum absolute atomic E-state index is 5.64. The fourth-order valence-electron chi connectivity index (χ4n) is 1.32. The molecule has 0 aliphatic carbocycles. The molecule has 1 aromatic heterocycles. The number of rotatable bonds is 1. The molecule has 2 rings (SSSR count). The Labute approximate surface area is 74.5 Å². The lowest BCUT2D eigenvalue weighted by molar-refractivity contribution is 0.746. The number of hydrogen-bond acceptors (Lipinski definition) is 5. The van der Waals surface area contributed by atoms with Crippen LogP contribution in [0.25, 0.3) is 0 Å². The van der Waals surface area contributed by atoms with Gasteiger partial charge in [-0.2, -0.15) is 11.8 Å². The average molecular weight is 185 g/mol. The van der Waals surface area contributed by atoms with Gasteiger partial charge in [-0.15, -0.1) is 10.2 Å². The second kappa shape index (κ2) is 2.85. The minimum absolute atomic E-state index is 0.289. The first-order valence-corrected chi connectivity index (χ1v) is 4.91. The summed E-state index contributed by atoms with van der Waals surface area (Å²) in [5.74, 6) is 7.90. The van der Waals surface area contributed by atoms with E-state index in [2.05, 4.69) is 10.2 Å². The monoisotopic (exact) mass is 185 g/mol. The van der Waals surface area contributed by atoms with Crippen LogP contribution >= 0.6 is 11.8 Å². The van der Waals surface area contributed by atoms with Crippen LogP contribution in [-0.2, 0) is 0 Å². The van der Waals surface area contributed by atoms with E-state index >= 15 is 0 Å². The lowest BCUT2D eigenvalue weighted by atomic mass is 10.2. The van der Waals surface area contributed by atoms with Gasteiger partial charge in [-0.25, -0.2) is 4.68 Å². The topological polar surface area (TPSA) is 82.8 Å². The minimum atomic E-state index is 0.289. The van der Waals surface area contributed by atoms with Gasteiger partial charge in [-0.3, -0.25) is 0 Å². The lowest BCUT2D eigenvalue weighted by Crippen LogP contribution is -2.16. The van der Waals surface area contributed by atoms with Gasteiger partial charge in [0.15, 0.2) is 5.82 Å². The number of thioether (sulfide) groups is 1. The molecular weight excluding hydrogens is 174 g/mol. The van der Waals surface area contributed by atoms with Crippen molar-refractivity contribution in [1.82, 2.24) is 14.9 Å². The van der Waals surface area contributed by atoms with Gasteiger partial charge in [0.05, 0.1) is 5.25 Å². The molecule has 0 saturated carbocycles. The van der Waals surface area contributed by atoms with Crippen molar-refractivity contribution in [3.8, 4) is 0 Å². The molecule has 1 aliphatic rings. The van der Waals surface area contributed by atoms with Crippen molar-refractivity contribution < 1.29 is 0 Å². The predicted octanol–water partition coefficient (Wildman–Crippen LogP) is 0.142. The Morgan fingerprint density at radius 1 is 1.50 bits per heavy atom. The van der Waals surface area contributed by atoms with E-state index in [1.165, 1.54) is 16.8 Å². The first-order valence-electron chi connectivity index (χ1n) is 3.86. The molecular formula is C6H11N5S. The fourth-order valence-corrected chi connectivity index (χ4v) is 2.58. The van der Waals surface area contributed by atoms with E-state index in [1.54, 1.807) is 0 Å². The molecule has 12 heavy (non-hydrogen) atoms. The normalized spacial score (nSPS) is 23.2. The Hall–Kier alpha value is -0.910. The summed E-state index contributed by atoms with van der Waals surface area (Å²) < 4.78 is 1.38. The van der Waals surface area contributed by atoms with E-state index in [1.807, 2.05) is 11.8 Å². The number of anilines is 1. The highest BCUT2D eigenvalue weighted by Gasteiger charge is 2.23. The number of nitrogen functional groups attached to an aromatic ring is 2. The van der Waals surface area contributed by atoms with Crippen LogP contribution in [0.1, 0.15) is 23.9 Å². The van der Waals surface area contributed by atoms with Gasteiger partial charge in [0.25, 0.3) is 0 Å². The van der Waals surface area contributed by atoms with Gasteiger partial charge in [0, 0.05) is 0 Å². The fraction of sp³-hybridized carbons (Fsp3) is 0.667. The Morgan fingerprint density at radius 3 is 2.83 bits per heavy atom. The summed E-state index contributed by atoms with van der Waals surface area (Å²) in [4.78, 5) is 0. The number of hydrogen-bond donors (Lipinski definition) is 2. The largest absolute Gasteiger partial charge is 0.366 e. The minimum Gasteiger partial charge on any atom is -0.366 e. The molecule has 0 amide bonds. The lowest BCUT2D eigenvalue weighted by Gasteiger charge is -2.06. The van der Waals surface area contributed by atoms with Gasteiger partial charge in [0.1, 0.15) is 0 Å². The van der Waals surface area contributed by atoms with Crippen molar-refractivity contribution in [3.63, 3.8) is 0 Å². The van der Waals surface area contributed by atoms with E-state index in [0.29, 0.717) is 5.25 Å². The summed E-state index contributed by atoms with van der Waals surface area (Å²) >= 11 is 1.86. The summed E-state index contributed by atoms with van der Waals surface area (Å²) in [6.07, 6.45) is 2.35. The van der Waals surface area contributed by atoms with Crippen LogP contribution < -0.4 is 11.6 Å². The van der Waals surface area contributed by atoms with Crippen molar-refractivity contribution in [2.45, 2.75) is 18.1 Å². The maximum Gasteiger partial charge on any atom is 0.240 e. The average Bonchev–Trinajstić information content (AvgIpc) is 2.64. The molecule has 0 bridgehead atoms. The molecule has 2 heterocycles. The van der Waals surface area contributed by atoms with E-state index in [4.69, 9.17) is 11.6 Å². The Morgan fingerprint density at radius 2 is 2.33 bits per heavy atom. The van der Waals surface area contributed by atoms with Gasteiger partial charge < -0.3 is 11.6 Å². The van der Waals surface area contributed by atoms with Crippen LogP contribution in [0.4, 0.5) is 5.95 Å². The maximum atomic E-state index is 5.64. The SMILES string of the molecule is Nc1nnc(C2CCCS2)n1N. The first kappa shape index (κ1) is 7.72. The standard InChI is InChI=1S/C6H11N5S/c7-6-10-9-5(11(6)8)4-2-1-3-12-4/h4H,1-3,8H2,(H2,7,10). The molecule has 66 valence electrons. The van der Waals surface area contributed by atoms with Crippen molar-refractivity contribution in [3.05, 3.63) is 5.82 Å². The van der Waals surface area contributed by atoms with Crippen molar-refractivity contribution in [2.24, 2.45) is 0 Å². The van der Waals surface area contributed by atoms with Gasteiger partial charge in [-0.05, 0) is 18.6 Å². The Balaban J connectivity index is 2.26. The van der Waals surface area contributed by atoms with E-state index in [9.17, 15) is 0 Å². The molecule has 4 N–H and O–H groups in total. The third-order valence-electron chi connectivity index (χ3n) is 1.97. The second-order valence-corrected chi connectivity index (χ2v) is 4.10. The smallest absolute Gasteiger partial charge is 0.240 e. The van der Waals surface area contributed by atoms with Gasteiger partial charge in [-0.1, -0.05) is 0 Å². The third-order valence-corrected chi connectivity index (χ3v) is 3.34. The quantitative estimate of drug-likeness (QED) is 0.608. The summed E-state index contributed by atoms with van der Waals surface area (Å²) in [5, 5.41) is 8.04. The zero-order chi connectivity index (χ0) is 8.55. The molecule has 0 spiro atoms. The van der Waals surface area contributed by atoms with Crippen molar-refractivity contribution >= 4 is 17.7 Å². The Kier molecular flexibility index (Phi) is 1.84. The molecule has 0 radical (unpaired) electrons. The van der Waals surface area contributed by atoms with Crippen LogP contribution in [0.5, 0.6) is 0 Å². The van der Waals surface area contributed by atoms with Gasteiger partial charge in [0.2, 0.25) is 5.95 Å². The van der Waals surface area contributed by atoms with E-state index in [0.717, 1.165) is 12.2 Å². The summed E-state index contributed by atoms with van der Waals surface area (Å²) in [7, 11) is 0. The summed E-state index contributed by atoms with van der Waals surface area (Å²) in [6.45, 7) is 0. The molecule has 1 fully saturated rings. The van der Waals surface area contributed by atoms with Crippen LogP contribution in [0, 0.1) is 0 Å². The summed E-state index contributed by atoms with van der Waals surface area (Å²) in [5.41, 5.74) is 5.46. The van der Waals surface area contributed by atoms with E-state index in [-0.39, 0.29) is 5.95 Å². The zero-order valence-corrected chi connectivity index (χ0v) is 7.42. The second-order valence-electron chi connectivity index (χ2n) is 2.79. The highest BCUT2D eigenvalue weighted by molar-refractivity contribution is 7.99. The molecule has 6 heteroatoms. The predicted molar refractivity (Wildman–Crippen MR) is 49.0 cm³/mol. The van der Waals surface area contributed by atoms with E-state index < -0.39 is 0 Å². The molecule has 1 saturated heterocycles. The Bertz CT molecular complexity index is 277. The number of aromatic nitrogens is 3. The highest BCUT2D eigenvalue weighted by atomic mass is 32.2. The van der Waals surface area contributed by atoms with Crippen LogP contribution in [0.15, 0.2) is 0 Å². The number of nitrogens with two attached hydrogens (primary N) is 2. The molecule has 1 aliphatic heterocycles. The molecule has 5 nitrogen and oxygen atoms in total. The molecule has 0 aromatic carbocycles. The molecule has 1 unspecified atom stereocenters. The third kappa shape index (κ3) is 1.12. The highest BCUT2D eigenvalue weighted by Crippen LogP contribution is 2.38. The zero-order valence-electron chi connectivity index (χ0n) is 6.60. The van der Waals surface area contributed by atoms with Crippen LogP contribution in [0.2, 0.25) is 0 Å². The first-order chi connectivity index (χ1) is 5.79. The van der Waals surface area contributed by atoms with Crippen molar-refractivity contribution in [2.75, 3.05) is 17.3 Å². The van der Waals surface area contributed by atoms with Crippen molar-refractivity contribution in [1.29, 1.82) is 0 Å². The van der Waals surface area contributed by atoms with Gasteiger partial charge >= 0.3 is 0 Å². The number of nitrogens with zero attached hydrogens (tertiary/aromatic N) is 3. The molecule has 1 aromatic rings. The summed E-state index contributed by atoms with van der Waals surface area (Å²) in [6, 6.07) is 0.